The van der Waals surface area contributed by atoms with Crippen molar-refractivity contribution in [1.82, 2.24) is 19.5 Å². The summed E-state index contributed by atoms with van der Waals surface area (Å²) in [5, 5.41) is 23.6. The molecular formula is C24H23F6N5O4S. The van der Waals surface area contributed by atoms with Gasteiger partial charge in [-0.05, 0) is 30.3 Å². The normalized spacial score (nSPS) is 14.8. The van der Waals surface area contributed by atoms with Crippen LogP contribution < -0.4 is 4.90 Å². The maximum atomic E-state index is 13.1. The maximum Gasteiger partial charge on any atom is 0.420 e. The molecule has 2 aromatic heterocycles. The molecule has 1 aliphatic heterocycles. The Morgan fingerprint density at radius 2 is 1.55 bits per heavy atom. The summed E-state index contributed by atoms with van der Waals surface area (Å²) in [4.78, 5) is 23.2. The van der Waals surface area contributed by atoms with Gasteiger partial charge in [0, 0.05) is 62.5 Å². The Kier molecular flexibility index (Phi) is 10.0. The second-order valence-corrected chi connectivity index (χ2v) is 9.39. The standard InChI is InChI=1S/C20H19F6N5S.C4H4O4/c21-19(22,23)14-3-1-4-15(13-14)30-9-7-29(8-10-30)11-12-32-18-28-27-17-16(20(24,25)26)5-2-6-31(17)18;5-3(6)1-2-4(7)8/h1-6,13H,7-12H2;1-2H,(H,5,6)(H,7,8). The van der Waals surface area contributed by atoms with Gasteiger partial charge in [0.05, 0.1) is 5.56 Å². The molecule has 3 heterocycles. The van der Waals surface area contributed by atoms with E-state index in [1.165, 1.54) is 34.5 Å². The zero-order valence-electron chi connectivity index (χ0n) is 20.6. The number of piperazine rings is 1. The number of hydrogen-bond donors (Lipinski definition) is 2. The third-order valence-electron chi connectivity index (χ3n) is 5.63. The largest absolute Gasteiger partial charge is 0.478 e. The minimum atomic E-state index is -4.50. The van der Waals surface area contributed by atoms with Crippen LogP contribution in [-0.4, -0.2) is 80.1 Å². The van der Waals surface area contributed by atoms with Gasteiger partial charge in [0.15, 0.2) is 10.8 Å². The maximum absolute atomic E-state index is 13.1. The van der Waals surface area contributed by atoms with Gasteiger partial charge in [-0.1, -0.05) is 17.8 Å². The SMILES string of the molecule is FC(F)(F)c1cccc(N2CCN(CCSc3nnc4c(C(F)(F)F)cccn34)CC2)c1.O=C(O)C=CC(=O)O. The molecule has 16 heteroatoms. The van der Waals surface area contributed by atoms with Crippen LogP contribution in [0.3, 0.4) is 0 Å². The predicted molar refractivity (Wildman–Crippen MR) is 133 cm³/mol. The Morgan fingerprint density at radius 3 is 2.12 bits per heavy atom. The number of aliphatic carboxylic acids is 2. The Balaban J connectivity index is 0.000000482. The van der Waals surface area contributed by atoms with Gasteiger partial charge in [-0.2, -0.15) is 26.3 Å². The number of pyridine rings is 1. The van der Waals surface area contributed by atoms with Crippen LogP contribution in [0, 0.1) is 0 Å². The molecule has 1 saturated heterocycles. The molecule has 1 fully saturated rings. The topological polar surface area (TPSA) is 111 Å². The fraction of sp³-hybridized carbons (Fsp3) is 0.333. The first kappa shape index (κ1) is 30.7. The van der Waals surface area contributed by atoms with Crippen molar-refractivity contribution in [2.24, 2.45) is 0 Å². The molecule has 0 atom stereocenters. The lowest BCUT2D eigenvalue weighted by Crippen LogP contribution is -2.47. The lowest BCUT2D eigenvalue weighted by Gasteiger charge is -2.36. The van der Waals surface area contributed by atoms with Crippen molar-refractivity contribution in [3.8, 4) is 0 Å². The summed E-state index contributed by atoms with van der Waals surface area (Å²) in [5.74, 6) is -1.92. The average molecular weight is 592 g/mol. The number of carboxylic acids is 2. The molecule has 4 rings (SSSR count). The number of halogens is 6. The predicted octanol–water partition coefficient (Wildman–Crippen LogP) is 4.39. The molecule has 0 saturated carbocycles. The monoisotopic (exact) mass is 591 g/mol. The molecule has 0 unspecified atom stereocenters. The molecule has 0 amide bonds. The summed E-state index contributed by atoms with van der Waals surface area (Å²) < 4.78 is 79.4. The number of thioether (sulfide) groups is 1. The Hall–Kier alpha value is -3.79. The number of anilines is 1. The third kappa shape index (κ3) is 8.61. The Bertz CT molecular complexity index is 1340. The quantitative estimate of drug-likeness (QED) is 0.235. The Morgan fingerprint density at radius 1 is 0.900 bits per heavy atom. The van der Waals surface area contributed by atoms with Gasteiger partial charge in [0.2, 0.25) is 0 Å². The van der Waals surface area contributed by atoms with Crippen molar-refractivity contribution in [1.29, 1.82) is 0 Å². The van der Waals surface area contributed by atoms with E-state index in [-0.39, 0.29) is 5.65 Å². The van der Waals surface area contributed by atoms with Gasteiger partial charge in [-0.3, -0.25) is 9.30 Å². The highest BCUT2D eigenvalue weighted by molar-refractivity contribution is 7.99. The van der Waals surface area contributed by atoms with Crippen LogP contribution in [0.25, 0.3) is 5.65 Å². The summed E-state index contributed by atoms with van der Waals surface area (Å²) in [6, 6.07) is 7.60. The van der Waals surface area contributed by atoms with Gasteiger partial charge in [-0.15, -0.1) is 10.2 Å². The van der Waals surface area contributed by atoms with Crippen LogP contribution in [0.15, 0.2) is 59.9 Å². The molecular weight excluding hydrogens is 568 g/mol. The number of rotatable bonds is 7. The summed E-state index contributed by atoms with van der Waals surface area (Å²) in [6.07, 6.45) is -6.26. The second-order valence-electron chi connectivity index (χ2n) is 8.33. The van der Waals surface area contributed by atoms with E-state index >= 15 is 0 Å². The summed E-state index contributed by atoms with van der Waals surface area (Å²) in [5.41, 5.74) is -1.17. The molecule has 0 aliphatic carbocycles. The number of nitrogens with zero attached hydrogens (tertiary/aromatic N) is 5. The van der Waals surface area contributed by atoms with E-state index in [1.54, 1.807) is 6.07 Å². The third-order valence-corrected chi connectivity index (χ3v) is 6.55. The number of fused-ring (bicyclic) bond motifs is 1. The van der Waals surface area contributed by atoms with Crippen molar-refractivity contribution in [3.63, 3.8) is 0 Å². The fourth-order valence-corrected chi connectivity index (χ4v) is 4.65. The number of carbonyl (C=O) groups is 2. The van der Waals surface area contributed by atoms with Crippen LogP contribution in [0.5, 0.6) is 0 Å². The minimum absolute atomic E-state index is 0.225. The summed E-state index contributed by atoms with van der Waals surface area (Å²) in [6.45, 7) is 3.21. The molecule has 2 N–H and O–H groups in total. The van der Waals surface area contributed by atoms with E-state index in [4.69, 9.17) is 10.2 Å². The molecule has 1 aliphatic rings. The Labute approximate surface area is 227 Å². The van der Waals surface area contributed by atoms with Gasteiger partial charge in [0.1, 0.15) is 5.56 Å². The molecule has 0 radical (unpaired) electrons. The molecule has 9 nitrogen and oxygen atoms in total. The van der Waals surface area contributed by atoms with E-state index in [0.29, 0.717) is 61.5 Å². The first-order valence-electron chi connectivity index (χ1n) is 11.6. The lowest BCUT2D eigenvalue weighted by atomic mass is 10.1. The fourth-order valence-electron chi connectivity index (χ4n) is 3.73. The zero-order valence-corrected chi connectivity index (χ0v) is 21.4. The second kappa shape index (κ2) is 13.0. The van der Waals surface area contributed by atoms with Crippen LogP contribution in [0.1, 0.15) is 11.1 Å². The highest BCUT2D eigenvalue weighted by Crippen LogP contribution is 2.33. The first-order chi connectivity index (χ1) is 18.8. The molecule has 216 valence electrons. The average Bonchev–Trinajstić information content (AvgIpc) is 3.30. The minimum Gasteiger partial charge on any atom is -0.478 e. The number of carboxylic acid groups (broad SMARTS) is 2. The van der Waals surface area contributed by atoms with E-state index in [2.05, 4.69) is 15.1 Å². The van der Waals surface area contributed by atoms with E-state index in [0.717, 1.165) is 18.2 Å². The van der Waals surface area contributed by atoms with E-state index in [1.807, 2.05) is 4.90 Å². The van der Waals surface area contributed by atoms with Gasteiger partial charge in [0.25, 0.3) is 0 Å². The highest BCUT2D eigenvalue weighted by atomic mass is 32.2. The van der Waals surface area contributed by atoms with E-state index in [9.17, 15) is 35.9 Å². The van der Waals surface area contributed by atoms with Crippen molar-refractivity contribution in [3.05, 3.63) is 65.9 Å². The van der Waals surface area contributed by atoms with Crippen molar-refractivity contribution < 1.29 is 46.1 Å². The van der Waals surface area contributed by atoms with Crippen molar-refractivity contribution >= 4 is 35.0 Å². The van der Waals surface area contributed by atoms with Crippen LogP contribution in [-0.2, 0) is 21.9 Å². The molecule has 40 heavy (non-hydrogen) atoms. The molecule has 3 aromatic rings. The molecule has 0 bridgehead atoms. The van der Waals surface area contributed by atoms with Crippen molar-refractivity contribution in [2.75, 3.05) is 43.4 Å². The van der Waals surface area contributed by atoms with E-state index < -0.39 is 35.4 Å². The summed E-state index contributed by atoms with van der Waals surface area (Å²) >= 11 is 1.31. The molecule has 0 spiro atoms. The molecule has 1 aromatic carbocycles. The highest BCUT2D eigenvalue weighted by Gasteiger charge is 2.34. The van der Waals surface area contributed by atoms with Crippen molar-refractivity contribution in [2.45, 2.75) is 17.5 Å². The van der Waals surface area contributed by atoms with Crippen LogP contribution in [0.2, 0.25) is 0 Å². The van der Waals surface area contributed by atoms with Gasteiger partial charge in [-0.25, -0.2) is 9.59 Å². The number of hydrogen-bond acceptors (Lipinski definition) is 7. The smallest absolute Gasteiger partial charge is 0.420 e. The summed E-state index contributed by atoms with van der Waals surface area (Å²) in [7, 11) is 0. The number of alkyl halides is 6. The van der Waals surface area contributed by atoms with Gasteiger partial charge < -0.3 is 15.1 Å². The number of benzene rings is 1. The lowest BCUT2D eigenvalue weighted by molar-refractivity contribution is -0.138. The number of aromatic nitrogens is 3. The van der Waals surface area contributed by atoms with Gasteiger partial charge >= 0.3 is 24.3 Å². The first-order valence-corrected chi connectivity index (χ1v) is 12.6. The van der Waals surface area contributed by atoms with Crippen LogP contribution >= 0.6 is 11.8 Å². The zero-order chi connectivity index (χ0) is 29.5. The van der Waals surface area contributed by atoms with Crippen LogP contribution in [0.4, 0.5) is 32.0 Å².